The van der Waals surface area contributed by atoms with Crippen LogP contribution < -0.4 is 5.32 Å². The fraction of sp³-hybridized carbons (Fsp3) is 0.614. The van der Waals surface area contributed by atoms with Gasteiger partial charge >= 0.3 is 0 Å². The summed E-state index contributed by atoms with van der Waals surface area (Å²) in [4.78, 5) is 12.9. The van der Waals surface area contributed by atoms with Crippen LogP contribution in [0.2, 0.25) is 0 Å². The van der Waals surface area contributed by atoms with E-state index in [9.17, 15) is 30.3 Å². The van der Waals surface area contributed by atoms with Crippen LogP contribution in [0, 0.1) is 0 Å². The first-order valence-corrected chi connectivity index (χ1v) is 20.0. The monoisotopic (exact) mass is 742 g/mol. The fourth-order valence-electron chi connectivity index (χ4n) is 5.40. The minimum Gasteiger partial charge on any atom is -0.394 e. The van der Waals surface area contributed by atoms with Crippen molar-refractivity contribution in [3.05, 3.63) is 97.2 Å². The predicted octanol–water partition coefficient (Wildman–Crippen LogP) is 7.38. The van der Waals surface area contributed by atoms with Crippen molar-refractivity contribution in [1.29, 1.82) is 0 Å². The van der Waals surface area contributed by atoms with Gasteiger partial charge in [0.15, 0.2) is 6.29 Å². The van der Waals surface area contributed by atoms with Gasteiger partial charge in [0.25, 0.3) is 0 Å². The summed E-state index contributed by atoms with van der Waals surface area (Å²) < 4.78 is 11.1. The molecule has 1 aliphatic heterocycles. The SMILES string of the molecule is CC/C=C\C/C=C\C/C=C\C/C=C\C/C=C\CCCC(=O)NC(COC1OC(CO)C(O)C(O)C1O)C(O)/C=C/CC/C=C/CC/C=C/CCCCC. The molecular weight excluding hydrogens is 670 g/mol. The second-order valence-electron chi connectivity index (χ2n) is 13.3. The van der Waals surface area contributed by atoms with Crippen LogP contribution >= 0.6 is 0 Å². The molecule has 7 atom stereocenters. The average molecular weight is 742 g/mol. The molecular formula is C44H71NO8. The Kier molecular flexibility index (Phi) is 30.6. The molecule has 0 aromatic rings. The molecule has 1 rings (SSSR count). The van der Waals surface area contributed by atoms with Gasteiger partial charge in [0.05, 0.1) is 25.4 Å². The van der Waals surface area contributed by atoms with Crippen LogP contribution in [0.15, 0.2) is 97.2 Å². The summed E-state index contributed by atoms with van der Waals surface area (Å²) in [6.07, 6.45) is 40.2. The summed E-state index contributed by atoms with van der Waals surface area (Å²) >= 11 is 0. The second kappa shape index (κ2) is 33.7. The predicted molar refractivity (Wildman–Crippen MR) is 216 cm³/mol. The number of carbonyl (C=O) groups excluding carboxylic acids is 1. The molecule has 9 heteroatoms. The van der Waals surface area contributed by atoms with Crippen LogP contribution in [-0.2, 0) is 14.3 Å². The molecule has 7 unspecified atom stereocenters. The molecule has 0 radical (unpaired) electrons. The third-order valence-corrected chi connectivity index (χ3v) is 8.62. The zero-order chi connectivity index (χ0) is 38.8. The van der Waals surface area contributed by atoms with E-state index in [2.05, 4.69) is 104 Å². The molecule has 0 spiro atoms. The van der Waals surface area contributed by atoms with E-state index in [-0.39, 0.29) is 18.9 Å². The van der Waals surface area contributed by atoms with Gasteiger partial charge in [-0.2, -0.15) is 0 Å². The molecule has 1 fully saturated rings. The zero-order valence-electron chi connectivity index (χ0n) is 32.5. The van der Waals surface area contributed by atoms with Crippen molar-refractivity contribution in [1.82, 2.24) is 5.32 Å². The Bertz CT molecular complexity index is 1140. The van der Waals surface area contributed by atoms with E-state index < -0.39 is 49.5 Å². The van der Waals surface area contributed by atoms with Gasteiger partial charge in [0.1, 0.15) is 24.4 Å². The third kappa shape index (κ3) is 24.9. The smallest absolute Gasteiger partial charge is 0.220 e. The number of hydrogen-bond acceptors (Lipinski definition) is 8. The summed E-state index contributed by atoms with van der Waals surface area (Å²) in [5.74, 6) is -0.255. The van der Waals surface area contributed by atoms with Crippen LogP contribution in [0.4, 0.5) is 0 Å². The van der Waals surface area contributed by atoms with E-state index in [1.165, 1.54) is 19.3 Å². The van der Waals surface area contributed by atoms with E-state index in [1.54, 1.807) is 6.08 Å². The van der Waals surface area contributed by atoms with Gasteiger partial charge in [-0.3, -0.25) is 4.79 Å². The molecule has 1 amide bonds. The van der Waals surface area contributed by atoms with Gasteiger partial charge in [-0.25, -0.2) is 0 Å². The normalized spacial score (nSPS) is 22.7. The van der Waals surface area contributed by atoms with Crippen molar-refractivity contribution in [2.24, 2.45) is 0 Å². The first-order valence-electron chi connectivity index (χ1n) is 20.0. The van der Waals surface area contributed by atoms with Crippen molar-refractivity contribution >= 4 is 5.91 Å². The molecule has 0 saturated carbocycles. The lowest BCUT2D eigenvalue weighted by Gasteiger charge is -2.40. The highest BCUT2D eigenvalue weighted by Crippen LogP contribution is 2.22. The van der Waals surface area contributed by atoms with Gasteiger partial charge in [-0.15, -0.1) is 0 Å². The maximum Gasteiger partial charge on any atom is 0.220 e. The van der Waals surface area contributed by atoms with Gasteiger partial charge in [0, 0.05) is 6.42 Å². The Morgan fingerprint density at radius 3 is 1.74 bits per heavy atom. The Labute approximate surface area is 320 Å². The van der Waals surface area contributed by atoms with Crippen molar-refractivity contribution in [3.8, 4) is 0 Å². The van der Waals surface area contributed by atoms with Gasteiger partial charge in [-0.05, 0) is 83.5 Å². The third-order valence-electron chi connectivity index (χ3n) is 8.62. The first kappa shape index (κ1) is 48.1. The molecule has 0 aliphatic carbocycles. The number of ether oxygens (including phenoxy) is 2. The lowest BCUT2D eigenvalue weighted by Crippen LogP contribution is -2.60. The van der Waals surface area contributed by atoms with E-state index in [1.807, 2.05) is 6.08 Å². The summed E-state index contributed by atoms with van der Waals surface area (Å²) in [5, 5.41) is 53.9. The maximum absolute atomic E-state index is 12.9. The number of unbranched alkanes of at least 4 members (excludes halogenated alkanes) is 6. The number of aliphatic hydroxyl groups is 5. The number of allylic oxidation sites excluding steroid dienone is 15. The van der Waals surface area contributed by atoms with Crippen molar-refractivity contribution in [2.45, 2.75) is 159 Å². The fourth-order valence-corrected chi connectivity index (χ4v) is 5.40. The largest absolute Gasteiger partial charge is 0.394 e. The summed E-state index contributed by atoms with van der Waals surface area (Å²) in [6.45, 7) is 3.52. The van der Waals surface area contributed by atoms with Gasteiger partial charge in [-0.1, -0.05) is 124 Å². The van der Waals surface area contributed by atoms with E-state index in [0.29, 0.717) is 12.8 Å². The quantitative estimate of drug-likeness (QED) is 0.0330. The van der Waals surface area contributed by atoms with Gasteiger partial charge < -0.3 is 40.3 Å². The molecule has 53 heavy (non-hydrogen) atoms. The lowest BCUT2D eigenvalue weighted by atomic mass is 9.99. The standard InChI is InChI=1S/C44H71NO8/c1-3-5-7-9-11-13-15-17-18-19-20-22-24-26-28-30-32-34-40(48)45-37(36-52-44-43(51)42(50)41(49)39(35-46)53-44)38(47)33-31-29-27-25-23-21-16-14-12-10-8-6-4-2/h5,7,11-14,17-18,20,22-23,25-26,28,31,33,37-39,41-44,46-47,49-51H,3-4,6,8-10,15-16,19,21,24,27,29-30,32,34-36H2,1-2H3,(H,45,48)/b7-5-,13-11-,14-12+,18-17-,22-20-,25-23+,28-26-,33-31+. The Morgan fingerprint density at radius 2 is 1.17 bits per heavy atom. The van der Waals surface area contributed by atoms with Crippen LogP contribution in [-0.4, -0.2) is 87.5 Å². The van der Waals surface area contributed by atoms with Crippen molar-refractivity contribution < 1.29 is 39.8 Å². The van der Waals surface area contributed by atoms with E-state index in [0.717, 1.165) is 64.2 Å². The zero-order valence-corrected chi connectivity index (χ0v) is 32.5. The highest BCUT2D eigenvalue weighted by Gasteiger charge is 2.44. The molecule has 0 aromatic heterocycles. The van der Waals surface area contributed by atoms with Crippen LogP contribution in [0.5, 0.6) is 0 Å². The molecule has 9 nitrogen and oxygen atoms in total. The number of nitrogens with one attached hydrogen (secondary N) is 1. The van der Waals surface area contributed by atoms with Crippen LogP contribution in [0.25, 0.3) is 0 Å². The molecule has 300 valence electrons. The second-order valence-corrected chi connectivity index (χ2v) is 13.3. The number of amides is 1. The summed E-state index contributed by atoms with van der Waals surface area (Å²) in [5.41, 5.74) is 0. The van der Waals surface area contributed by atoms with Crippen molar-refractivity contribution in [3.63, 3.8) is 0 Å². The highest BCUT2D eigenvalue weighted by molar-refractivity contribution is 5.76. The number of rotatable bonds is 30. The van der Waals surface area contributed by atoms with Crippen molar-refractivity contribution in [2.75, 3.05) is 13.2 Å². The Balaban J connectivity index is 2.53. The lowest BCUT2D eigenvalue weighted by molar-refractivity contribution is -0.302. The first-order chi connectivity index (χ1) is 25.8. The summed E-state index contributed by atoms with van der Waals surface area (Å²) in [6, 6.07) is -0.862. The van der Waals surface area contributed by atoms with E-state index in [4.69, 9.17) is 9.47 Å². The molecule has 1 aliphatic rings. The Hall–Kier alpha value is -2.89. The molecule has 1 saturated heterocycles. The average Bonchev–Trinajstić information content (AvgIpc) is 3.16. The Morgan fingerprint density at radius 1 is 0.660 bits per heavy atom. The van der Waals surface area contributed by atoms with Gasteiger partial charge in [0.2, 0.25) is 5.91 Å². The van der Waals surface area contributed by atoms with Crippen LogP contribution in [0.1, 0.15) is 117 Å². The van der Waals surface area contributed by atoms with Crippen LogP contribution in [0.3, 0.4) is 0 Å². The molecule has 6 N–H and O–H groups in total. The minimum absolute atomic E-state index is 0.236. The van der Waals surface area contributed by atoms with E-state index >= 15 is 0 Å². The minimum atomic E-state index is -1.59. The number of aliphatic hydroxyl groups excluding tert-OH is 5. The molecule has 0 bridgehead atoms. The number of hydrogen-bond donors (Lipinski definition) is 6. The number of carbonyl (C=O) groups is 1. The summed E-state index contributed by atoms with van der Waals surface area (Å²) in [7, 11) is 0. The molecule has 1 heterocycles. The molecule has 0 aromatic carbocycles. The topological polar surface area (TPSA) is 149 Å². The highest BCUT2D eigenvalue weighted by atomic mass is 16.7. The maximum atomic E-state index is 12.9.